The Hall–Kier alpha value is -8.26. The van der Waals surface area contributed by atoms with Gasteiger partial charge in [0.2, 0.25) is 0 Å². The van der Waals surface area contributed by atoms with E-state index < -0.39 is 0 Å². The van der Waals surface area contributed by atoms with Crippen molar-refractivity contribution >= 4 is 44.1 Å². The monoisotopic (exact) mass is 928 g/mol. The average molecular weight is 930 g/mol. The van der Waals surface area contributed by atoms with Gasteiger partial charge in [0.25, 0.3) is 0 Å². The molecular weight excluding hydrogens is 886 g/mol. The summed E-state index contributed by atoms with van der Waals surface area (Å²) in [6, 6.07) is 71.3. The molecule has 8 bridgehead atoms. The SMILES string of the molecule is Cc1ccccc1.Cc1ccccc1.Cc1ccccc1.[Zn+2].c1ccc(-c2ccc3c4nc5nc(nc6[n-]c(nc7nc(nc([n-]4)c3c2)-c2ccccc2-7)c2ccccc62)-c2ccccc2-5)cc1. The van der Waals surface area contributed by atoms with E-state index >= 15 is 0 Å². The molecule has 0 N–H and O–H groups in total. The third-order valence-electron chi connectivity index (χ3n) is 11.4. The standard InChI is InChI=1S/C38H20N8.3C7H8.Zn/c1-2-10-21(11-3-1)22-18-19-29-30(20-22)38-45-36-28-17-9-8-16-27(28)34(43-36)41-32-24-13-5-4-12-23(24)31(39-32)40-33-25-14-6-7-15-26(25)35(42-33)44-37(29)46-38;3*1-7-5-3-2-4-6-7;/h1-20H;3*2-6H,1H3;/q-2;;;;+2. The molecule has 9 heteroatoms. The molecule has 2 aliphatic heterocycles. The van der Waals surface area contributed by atoms with E-state index in [4.69, 9.17) is 39.9 Å². The van der Waals surface area contributed by atoms with Gasteiger partial charge >= 0.3 is 19.5 Å². The minimum atomic E-state index is 0. The third kappa shape index (κ3) is 9.80. The smallest absolute Gasteiger partial charge is 0.357 e. The molecule has 0 amide bonds. The summed E-state index contributed by atoms with van der Waals surface area (Å²) in [6.45, 7) is 6.25. The van der Waals surface area contributed by atoms with Gasteiger partial charge in [-0.1, -0.05) is 223 Å². The second kappa shape index (κ2) is 20.5. The Kier molecular flexibility index (Phi) is 13.5. The number of benzene rings is 8. The van der Waals surface area contributed by atoms with Crippen LogP contribution in [0.25, 0.3) is 101 Å². The van der Waals surface area contributed by atoms with Gasteiger partial charge in [0.1, 0.15) is 0 Å². The minimum Gasteiger partial charge on any atom is -0.357 e. The van der Waals surface area contributed by atoms with E-state index in [2.05, 4.69) is 87.5 Å². The zero-order valence-corrected chi connectivity index (χ0v) is 41.0. The fourth-order valence-corrected chi connectivity index (χ4v) is 7.92. The van der Waals surface area contributed by atoms with Crippen LogP contribution in [0.1, 0.15) is 16.7 Å². The topological polar surface area (TPSA) is 106 Å². The first-order valence-electron chi connectivity index (χ1n) is 22.2. The van der Waals surface area contributed by atoms with Gasteiger partial charge in [0, 0.05) is 44.8 Å². The third-order valence-corrected chi connectivity index (χ3v) is 11.4. The van der Waals surface area contributed by atoms with E-state index in [0.717, 1.165) is 54.9 Å². The summed E-state index contributed by atoms with van der Waals surface area (Å²) in [4.78, 5) is 39.9. The quantitative estimate of drug-likeness (QED) is 0.150. The molecule has 0 radical (unpaired) electrons. The van der Waals surface area contributed by atoms with E-state index in [1.807, 2.05) is 146 Å². The van der Waals surface area contributed by atoms with Crippen molar-refractivity contribution in [2.24, 2.45) is 0 Å². The minimum absolute atomic E-state index is 0. The molecule has 5 heterocycles. The Bertz CT molecular complexity index is 3570. The van der Waals surface area contributed by atoms with Crippen molar-refractivity contribution in [3.05, 3.63) is 229 Å². The Labute approximate surface area is 407 Å². The molecule has 0 saturated carbocycles. The van der Waals surface area contributed by atoms with Crippen molar-refractivity contribution in [3.8, 4) is 56.7 Å². The number of fused-ring (bicyclic) bond motifs is 20. The van der Waals surface area contributed by atoms with Gasteiger partial charge in [-0.3, -0.25) is 0 Å². The Morgan fingerprint density at radius 1 is 0.265 bits per heavy atom. The summed E-state index contributed by atoms with van der Waals surface area (Å²) in [5.41, 5.74) is 11.8. The van der Waals surface area contributed by atoms with Gasteiger partial charge in [0.05, 0.1) is 23.3 Å². The number of aromatic nitrogens is 8. The molecule has 0 atom stereocenters. The van der Waals surface area contributed by atoms with Crippen LogP contribution in [0.2, 0.25) is 0 Å². The van der Waals surface area contributed by atoms with Gasteiger partial charge in [-0.25, -0.2) is 9.97 Å². The molecule has 11 aromatic rings. The Morgan fingerprint density at radius 2 is 0.559 bits per heavy atom. The molecule has 68 heavy (non-hydrogen) atoms. The fourth-order valence-electron chi connectivity index (χ4n) is 7.92. The summed E-state index contributed by atoms with van der Waals surface area (Å²) in [5.74, 6) is 2.17. The predicted molar refractivity (Wildman–Crippen MR) is 273 cm³/mol. The van der Waals surface area contributed by atoms with Crippen LogP contribution in [0.4, 0.5) is 0 Å². The van der Waals surface area contributed by atoms with Crippen LogP contribution in [0.3, 0.4) is 0 Å². The molecule has 8 nitrogen and oxygen atoms in total. The molecule has 0 fully saturated rings. The van der Waals surface area contributed by atoms with Crippen LogP contribution < -0.4 is 9.97 Å². The second-order valence-electron chi connectivity index (χ2n) is 16.2. The number of hydrogen-bond donors (Lipinski definition) is 0. The maximum Gasteiger partial charge on any atom is 2.00 e. The summed E-state index contributed by atoms with van der Waals surface area (Å²) >= 11 is 0. The van der Waals surface area contributed by atoms with E-state index in [9.17, 15) is 0 Å². The summed E-state index contributed by atoms with van der Waals surface area (Å²) < 4.78 is 0. The zero-order chi connectivity index (χ0) is 45.5. The second-order valence-corrected chi connectivity index (χ2v) is 16.2. The summed E-state index contributed by atoms with van der Waals surface area (Å²) in [6.07, 6.45) is 0. The first kappa shape index (κ1) is 44.9. The van der Waals surface area contributed by atoms with Gasteiger partial charge < -0.3 is 29.9 Å². The van der Waals surface area contributed by atoms with Crippen LogP contribution in [0.5, 0.6) is 0 Å². The Morgan fingerprint density at radius 3 is 0.897 bits per heavy atom. The van der Waals surface area contributed by atoms with Crippen LogP contribution in [-0.2, 0) is 19.5 Å². The van der Waals surface area contributed by atoms with E-state index in [0.29, 0.717) is 45.9 Å². The molecule has 322 valence electrons. The molecular formula is C59H44N8Zn. The zero-order valence-electron chi connectivity index (χ0n) is 38.0. The summed E-state index contributed by atoms with van der Waals surface area (Å²) in [7, 11) is 0. The van der Waals surface area contributed by atoms with Crippen molar-refractivity contribution in [2.75, 3.05) is 0 Å². The van der Waals surface area contributed by atoms with Gasteiger partial charge in [-0.05, 0) is 59.5 Å². The molecule has 0 spiro atoms. The van der Waals surface area contributed by atoms with Crippen LogP contribution in [-0.4, -0.2) is 29.9 Å². The van der Waals surface area contributed by atoms with Crippen molar-refractivity contribution in [2.45, 2.75) is 20.8 Å². The van der Waals surface area contributed by atoms with Crippen molar-refractivity contribution in [1.82, 2.24) is 39.9 Å². The molecule has 0 aliphatic carbocycles. The van der Waals surface area contributed by atoms with Crippen molar-refractivity contribution in [3.63, 3.8) is 0 Å². The first-order valence-corrected chi connectivity index (χ1v) is 22.2. The van der Waals surface area contributed by atoms with Gasteiger partial charge in [-0.2, -0.15) is 0 Å². The maximum absolute atomic E-state index is 5.08. The molecule has 0 unspecified atom stereocenters. The number of rotatable bonds is 1. The van der Waals surface area contributed by atoms with Crippen molar-refractivity contribution in [1.29, 1.82) is 0 Å². The summed E-state index contributed by atoms with van der Waals surface area (Å²) in [5, 5.41) is 3.53. The van der Waals surface area contributed by atoms with E-state index in [1.165, 1.54) is 16.7 Å². The molecule has 3 aromatic heterocycles. The van der Waals surface area contributed by atoms with Crippen LogP contribution in [0, 0.1) is 20.8 Å². The average Bonchev–Trinajstić information content (AvgIpc) is 4.11. The molecule has 2 aliphatic rings. The Balaban J connectivity index is 0.000000216. The molecule has 8 aromatic carbocycles. The van der Waals surface area contributed by atoms with Gasteiger partial charge in [0.15, 0.2) is 0 Å². The number of aryl methyl sites for hydroxylation is 3. The maximum atomic E-state index is 5.08. The fraction of sp³-hybridized carbons (Fsp3) is 0.0508. The van der Waals surface area contributed by atoms with E-state index in [1.54, 1.807) is 0 Å². The van der Waals surface area contributed by atoms with Crippen molar-refractivity contribution < 1.29 is 19.5 Å². The predicted octanol–water partition coefficient (Wildman–Crippen LogP) is 13.8. The van der Waals surface area contributed by atoms with E-state index in [-0.39, 0.29) is 19.5 Å². The first-order chi connectivity index (χ1) is 32.9. The van der Waals surface area contributed by atoms with Crippen LogP contribution in [0.15, 0.2) is 212 Å². The number of nitrogens with zero attached hydrogens (tertiary/aromatic N) is 8. The normalized spacial score (nSPS) is 10.8. The number of hydrogen-bond acceptors (Lipinski definition) is 6. The van der Waals surface area contributed by atoms with Gasteiger partial charge in [-0.15, -0.1) is 0 Å². The van der Waals surface area contributed by atoms with Crippen LogP contribution >= 0.6 is 0 Å². The molecule has 13 rings (SSSR count). The largest absolute Gasteiger partial charge is 2.00 e. The molecule has 0 saturated heterocycles.